The summed E-state index contributed by atoms with van der Waals surface area (Å²) in [4.78, 5) is 23.3. The van der Waals surface area contributed by atoms with E-state index in [1.807, 2.05) is 0 Å². The molecule has 6 nitrogen and oxygen atoms in total. The molecule has 3 aliphatic rings. The zero-order valence-electron chi connectivity index (χ0n) is 15.7. The summed E-state index contributed by atoms with van der Waals surface area (Å²) in [7, 11) is 0. The Hall–Kier alpha value is -0.950. The van der Waals surface area contributed by atoms with Crippen LogP contribution >= 0.6 is 24.8 Å². The molecule has 4 rings (SSSR count). The Labute approximate surface area is 174 Å². The topological polar surface area (TPSA) is 70.1 Å². The molecule has 3 fully saturated rings. The molecule has 1 aromatic heterocycles. The van der Waals surface area contributed by atoms with Gasteiger partial charge in [-0.1, -0.05) is 6.42 Å². The Bertz CT molecular complexity index is 591. The molecule has 1 amide bonds. The zero-order valence-corrected chi connectivity index (χ0v) is 17.3. The Kier molecular flexibility index (Phi) is 8.73. The third-order valence-corrected chi connectivity index (χ3v) is 6.26. The smallest absolute Gasteiger partial charge is 0.220 e. The second-order valence-electron chi connectivity index (χ2n) is 7.78. The fourth-order valence-corrected chi connectivity index (χ4v) is 5.06. The summed E-state index contributed by atoms with van der Waals surface area (Å²) in [6, 6.07) is 1.22. The number of carbonyl (C=O) groups excluding carboxylic acids is 1. The first kappa shape index (κ1) is 22.3. The normalized spacial score (nSPS) is 29.6. The van der Waals surface area contributed by atoms with Crippen LogP contribution in [0.1, 0.15) is 37.8 Å². The number of piperidine rings is 3. The first-order chi connectivity index (χ1) is 12.3. The number of hydrogen-bond acceptors (Lipinski definition) is 5. The number of aromatic nitrogens is 2. The summed E-state index contributed by atoms with van der Waals surface area (Å²) >= 11 is 0. The van der Waals surface area contributed by atoms with E-state index >= 15 is 0 Å². The fraction of sp³-hybridized carbons (Fsp3) is 0.737. The highest BCUT2D eigenvalue weighted by atomic mass is 35.5. The van der Waals surface area contributed by atoms with E-state index in [0.29, 0.717) is 24.8 Å². The molecular weight excluding hydrogens is 385 g/mol. The third kappa shape index (κ3) is 5.31. The molecule has 0 radical (unpaired) electrons. The van der Waals surface area contributed by atoms with E-state index < -0.39 is 0 Å². The van der Waals surface area contributed by atoms with Crippen molar-refractivity contribution in [3.05, 3.63) is 24.3 Å². The minimum atomic E-state index is 0. The molecule has 0 spiro atoms. The average Bonchev–Trinajstić information content (AvgIpc) is 2.67. The molecule has 2 N–H and O–H groups in total. The van der Waals surface area contributed by atoms with Gasteiger partial charge >= 0.3 is 0 Å². The van der Waals surface area contributed by atoms with Gasteiger partial charge in [0.1, 0.15) is 0 Å². The quantitative estimate of drug-likeness (QED) is 0.767. The Morgan fingerprint density at radius 1 is 1.22 bits per heavy atom. The van der Waals surface area contributed by atoms with Gasteiger partial charge in [0.25, 0.3) is 0 Å². The monoisotopic (exact) mass is 415 g/mol. The number of rotatable bonds is 5. The second kappa shape index (κ2) is 10.6. The van der Waals surface area contributed by atoms with Gasteiger partial charge in [-0.2, -0.15) is 0 Å². The van der Waals surface area contributed by atoms with Crippen molar-refractivity contribution in [3.8, 4) is 0 Å². The maximum Gasteiger partial charge on any atom is 0.220 e. The number of nitrogens with zero attached hydrogens (tertiary/aromatic N) is 3. The highest BCUT2D eigenvalue weighted by Gasteiger charge is 2.45. The summed E-state index contributed by atoms with van der Waals surface area (Å²) in [6.07, 6.45) is 11.5. The summed E-state index contributed by atoms with van der Waals surface area (Å²) in [5.41, 5.74) is 0.880. The van der Waals surface area contributed by atoms with Crippen LogP contribution in [-0.2, 0) is 11.2 Å². The molecule has 8 heteroatoms. The predicted molar refractivity (Wildman–Crippen MR) is 110 cm³/mol. The lowest BCUT2D eigenvalue weighted by Gasteiger charge is -2.55. The van der Waals surface area contributed by atoms with Crippen LogP contribution in [0.25, 0.3) is 0 Å². The lowest BCUT2D eigenvalue weighted by Crippen LogP contribution is -2.65. The number of aryl methyl sites for hydroxylation is 1. The van der Waals surface area contributed by atoms with E-state index in [1.165, 1.54) is 38.8 Å². The number of hydrogen-bond donors (Lipinski definition) is 2. The first-order valence-electron chi connectivity index (χ1n) is 9.79. The minimum Gasteiger partial charge on any atom is -0.355 e. The molecule has 4 heterocycles. The van der Waals surface area contributed by atoms with Crippen LogP contribution in [0.2, 0.25) is 0 Å². The summed E-state index contributed by atoms with van der Waals surface area (Å²) in [5.74, 6) is 1.61. The third-order valence-electron chi connectivity index (χ3n) is 6.26. The van der Waals surface area contributed by atoms with Crippen molar-refractivity contribution in [3.63, 3.8) is 0 Å². The van der Waals surface area contributed by atoms with Crippen molar-refractivity contribution in [2.75, 3.05) is 26.2 Å². The number of fused-ring (bicyclic) bond motifs is 4. The number of nitrogens with one attached hydrogen (secondary N) is 2. The fourth-order valence-electron chi connectivity index (χ4n) is 5.06. The molecule has 0 unspecified atom stereocenters. The second-order valence-corrected chi connectivity index (χ2v) is 7.78. The van der Waals surface area contributed by atoms with Gasteiger partial charge in [0, 0.05) is 43.6 Å². The van der Waals surface area contributed by atoms with Crippen molar-refractivity contribution in [2.24, 2.45) is 11.8 Å². The minimum absolute atomic E-state index is 0. The van der Waals surface area contributed by atoms with Crippen LogP contribution in [0.5, 0.6) is 0 Å². The predicted octanol–water partition coefficient (Wildman–Crippen LogP) is 1.83. The largest absolute Gasteiger partial charge is 0.355 e. The molecule has 1 aromatic rings. The van der Waals surface area contributed by atoms with Crippen LogP contribution in [-0.4, -0.2) is 59.0 Å². The van der Waals surface area contributed by atoms with Gasteiger partial charge in [0.2, 0.25) is 5.91 Å². The molecule has 3 aliphatic heterocycles. The van der Waals surface area contributed by atoms with Crippen molar-refractivity contribution < 1.29 is 4.79 Å². The van der Waals surface area contributed by atoms with Crippen molar-refractivity contribution >= 4 is 30.7 Å². The number of halogens is 2. The summed E-state index contributed by atoms with van der Waals surface area (Å²) < 4.78 is 0. The van der Waals surface area contributed by atoms with E-state index in [-0.39, 0.29) is 30.7 Å². The molecule has 2 bridgehead atoms. The maximum absolute atomic E-state index is 12.3. The van der Waals surface area contributed by atoms with Crippen LogP contribution in [0.4, 0.5) is 0 Å². The molecule has 0 aromatic carbocycles. The van der Waals surface area contributed by atoms with Crippen LogP contribution in [0, 0.1) is 11.8 Å². The van der Waals surface area contributed by atoms with E-state index in [1.54, 1.807) is 18.6 Å². The van der Waals surface area contributed by atoms with Crippen molar-refractivity contribution in [1.82, 2.24) is 25.5 Å². The zero-order chi connectivity index (χ0) is 17.1. The average molecular weight is 416 g/mol. The lowest BCUT2D eigenvalue weighted by atomic mass is 9.73. The molecule has 3 saturated heterocycles. The summed E-state index contributed by atoms with van der Waals surface area (Å²) in [5, 5.41) is 6.83. The van der Waals surface area contributed by atoms with Crippen molar-refractivity contribution in [2.45, 2.75) is 50.6 Å². The Morgan fingerprint density at radius 2 is 2.07 bits per heavy atom. The van der Waals surface area contributed by atoms with E-state index in [2.05, 4.69) is 25.5 Å². The van der Waals surface area contributed by atoms with E-state index in [4.69, 9.17) is 0 Å². The van der Waals surface area contributed by atoms with Gasteiger partial charge in [0.15, 0.2) is 0 Å². The van der Waals surface area contributed by atoms with Gasteiger partial charge in [0.05, 0.1) is 5.69 Å². The standard InChI is InChI=1S/C19H29N5O.2ClH/c25-19(5-4-16-12-20-6-7-22-16)23-13-18-15-9-14(10-21-11-15)17-3-1-2-8-24(17)18;;/h6-7,12,14-15,17-18,21H,1-5,8-11,13H2,(H,23,25);2*1H/t14-,15+,17+,18+;;/m1../s1. The molecular formula is C19H31Cl2N5O. The number of carbonyl (C=O) groups is 1. The van der Waals surface area contributed by atoms with Gasteiger partial charge in [-0.15, -0.1) is 24.8 Å². The summed E-state index contributed by atoms with van der Waals surface area (Å²) in [6.45, 7) is 4.27. The van der Waals surface area contributed by atoms with Crippen LogP contribution < -0.4 is 10.6 Å². The number of amides is 1. The molecule has 27 heavy (non-hydrogen) atoms. The van der Waals surface area contributed by atoms with Gasteiger partial charge in [-0.3, -0.25) is 19.7 Å². The van der Waals surface area contributed by atoms with E-state index in [9.17, 15) is 4.79 Å². The Balaban J connectivity index is 0.00000131. The van der Waals surface area contributed by atoms with Gasteiger partial charge in [-0.05, 0) is 57.2 Å². The van der Waals surface area contributed by atoms with Crippen molar-refractivity contribution in [1.29, 1.82) is 0 Å². The van der Waals surface area contributed by atoms with Crippen LogP contribution in [0.3, 0.4) is 0 Å². The van der Waals surface area contributed by atoms with Gasteiger partial charge in [-0.25, -0.2) is 0 Å². The highest BCUT2D eigenvalue weighted by molar-refractivity contribution is 5.85. The SMILES string of the molecule is Cl.Cl.O=C(CCc1cnccn1)NC[C@H]1[C@@H]2CNC[C@@H](C2)[C@@H]2CCCCN21. The van der Waals surface area contributed by atoms with Crippen LogP contribution in [0.15, 0.2) is 18.6 Å². The lowest BCUT2D eigenvalue weighted by molar-refractivity contribution is -0.122. The molecule has 4 atom stereocenters. The molecule has 0 aliphatic carbocycles. The Morgan fingerprint density at radius 3 is 2.89 bits per heavy atom. The maximum atomic E-state index is 12.3. The first-order valence-corrected chi connectivity index (χ1v) is 9.79. The van der Waals surface area contributed by atoms with Gasteiger partial charge < -0.3 is 10.6 Å². The molecule has 0 saturated carbocycles. The highest BCUT2D eigenvalue weighted by Crippen LogP contribution is 2.38. The van der Waals surface area contributed by atoms with E-state index in [0.717, 1.165) is 30.7 Å². The molecule has 152 valence electrons.